The first-order chi connectivity index (χ1) is 26.4. The number of amides is 2. The predicted octanol–water partition coefficient (Wildman–Crippen LogP) is 7.45. The van der Waals surface area contributed by atoms with Crippen LogP contribution in [-0.4, -0.2) is 71.5 Å². The maximum Gasteiger partial charge on any atom is 0.422 e. The molecule has 0 fully saturated rings. The van der Waals surface area contributed by atoms with Crippen LogP contribution < -0.4 is 20.1 Å². The van der Waals surface area contributed by atoms with Gasteiger partial charge in [-0.25, -0.2) is 0 Å². The van der Waals surface area contributed by atoms with Gasteiger partial charge in [0.25, 0.3) is 11.8 Å². The Morgan fingerprint density at radius 2 is 1.03 bits per heavy atom. The van der Waals surface area contributed by atoms with Gasteiger partial charge in [-0.05, 0) is 112 Å². The van der Waals surface area contributed by atoms with E-state index in [2.05, 4.69) is 15.4 Å². The molecule has 2 aliphatic heterocycles. The summed E-state index contributed by atoms with van der Waals surface area (Å²) in [6, 6.07) is 5.84. The summed E-state index contributed by atoms with van der Waals surface area (Å²) in [4.78, 5) is 56.0. The van der Waals surface area contributed by atoms with Gasteiger partial charge in [0.2, 0.25) is 0 Å². The standard InChI is InChI=1S/C19H22F3NO4.C17H20F3NO3.C4H6O3/c1-6-12-8-13(26-9-19(20,21)22)7-10(2)14(12)15-16(27-11(3)24)18(4,5)23-17(15)25;1-5-10-7-11(24-8-17(18,19)20)6-9(2)12(10)13-14(22)16(3,4)21-15(13)23;1-3(5)7-4(2)6/h7-8H,6,9H2,1-5H3,(H,23,25);6-7,22H,5,8H2,1-4H3,(H,21,23);1-2H3. The van der Waals surface area contributed by atoms with Gasteiger partial charge in [0.15, 0.2) is 13.2 Å². The van der Waals surface area contributed by atoms with Crippen LogP contribution >= 0.6 is 0 Å². The number of rotatable bonds is 9. The largest absolute Gasteiger partial charge is 0.509 e. The molecule has 2 heterocycles. The molecule has 12 nitrogen and oxygen atoms in total. The van der Waals surface area contributed by atoms with E-state index >= 15 is 0 Å². The molecule has 2 aliphatic rings. The molecule has 0 radical (unpaired) electrons. The molecular weight excluding hydrogens is 782 g/mol. The average molecular weight is 831 g/mol. The molecule has 3 N–H and O–H groups in total. The minimum absolute atomic E-state index is 0.0673. The Hall–Kier alpha value is -5.55. The molecule has 18 heteroatoms. The van der Waals surface area contributed by atoms with Crippen LogP contribution in [0.4, 0.5) is 26.3 Å². The second kappa shape index (κ2) is 18.8. The zero-order valence-electron chi connectivity index (χ0n) is 34.0. The average Bonchev–Trinajstić information content (AvgIpc) is 3.40. The number of aryl methyl sites for hydroxylation is 4. The van der Waals surface area contributed by atoms with Crippen molar-refractivity contribution in [1.29, 1.82) is 0 Å². The number of aliphatic hydroxyl groups is 1. The topological polar surface area (TPSA) is 167 Å². The van der Waals surface area contributed by atoms with Crippen molar-refractivity contribution in [2.24, 2.45) is 0 Å². The lowest BCUT2D eigenvalue weighted by Gasteiger charge is -2.21. The van der Waals surface area contributed by atoms with Gasteiger partial charge >= 0.3 is 30.3 Å². The van der Waals surface area contributed by atoms with Gasteiger partial charge in [-0.3, -0.25) is 24.0 Å². The van der Waals surface area contributed by atoms with E-state index in [1.54, 1.807) is 41.5 Å². The van der Waals surface area contributed by atoms with Crippen molar-refractivity contribution < 1.29 is 74.4 Å². The third kappa shape index (κ3) is 13.3. The van der Waals surface area contributed by atoms with Crippen LogP contribution in [0.5, 0.6) is 11.5 Å². The number of nitrogens with one attached hydrogen (secondary N) is 2. The Balaban J connectivity index is 0.000000345. The van der Waals surface area contributed by atoms with Gasteiger partial charge in [-0.1, -0.05) is 13.8 Å². The fourth-order valence-electron chi connectivity index (χ4n) is 6.05. The number of carbonyl (C=O) groups is 5. The molecular formula is C40H48F6N2O10. The smallest absolute Gasteiger partial charge is 0.422 e. The van der Waals surface area contributed by atoms with Crippen LogP contribution in [0.25, 0.3) is 11.1 Å². The maximum atomic E-state index is 12.6. The number of esters is 3. The SMILES string of the molecule is CC(=O)OC(C)=O.CCc1cc(OCC(F)(F)F)cc(C)c1C1=C(O)C(C)(C)NC1=O.CCc1cc(OCC(F)(F)F)cc(C)c1C1=C(OC(C)=O)C(C)(C)NC1=O. The van der Waals surface area contributed by atoms with Gasteiger partial charge in [0.1, 0.15) is 23.0 Å². The fourth-order valence-corrected chi connectivity index (χ4v) is 6.05. The summed E-state index contributed by atoms with van der Waals surface area (Å²) in [6.45, 7) is 14.6. The summed E-state index contributed by atoms with van der Waals surface area (Å²) in [7, 11) is 0. The molecule has 0 saturated carbocycles. The number of carbonyl (C=O) groups excluding carboxylic acids is 5. The van der Waals surface area contributed by atoms with Crippen LogP contribution in [-0.2, 0) is 46.3 Å². The summed E-state index contributed by atoms with van der Waals surface area (Å²) < 4.78 is 93.2. The fraction of sp³-hybridized carbons (Fsp3) is 0.475. The highest BCUT2D eigenvalue weighted by atomic mass is 19.4. The molecule has 0 saturated heterocycles. The van der Waals surface area contributed by atoms with Gasteiger partial charge in [0.05, 0.1) is 22.2 Å². The minimum Gasteiger partial charge on any atom is -0.509 e. The van der Waals surface area contributed by atoms with E-state index in [-0.39, 0.29) is 34.2 Å². The van der Waals surface area contributed by atoms with Crippen molar-refractivity contribution in [1.82, 2.24) is 10.6 Å². The van der Waals surface area contributed by atoms with E-state index in [4.69, 9.17) is 14.2 Å². The van der Waals surface area contributed by atoms with Crippen molar-refractivity contribution >= 4 is 40.9 Å². The molecule has 0 aromatic heterocycles. The molecule has 2 amide bonds. The number of hydrogen-bond acceptors (Lipinski definition) is 10. The highest BCUT2D eigenvalue weighted by molar-refractivity contribution is 6.24. The molecule has 58 heavy (non-hydrogen) atoms. The van der Waals surface area contributed by atoms with Crippen LogP contribution in [0.3, 0.4) is 0 Å². The van der Waals surface area contributed by atoms with E-state index in [1.165, 1.54) is 45.0 Å². The number of ether oxygens (including phenoxy) is 4. The van der Waals surface area contributed by atoms with Gasteiger partial charge in [-0.2, -0.15) is 26.3 Å². The molecule has 0 spiro atoms. The van der Waals surface area contributed by atoms with Crippen molar-refractivity contribution in [3.8, 4) is 11.5 Å². The molecule has 0 aliphatic carbocycles. The maximum absolute atomic E-state index is 12.6. The molecule has 4 rings (SSSR count). The van der Waals surface area contributed by atoms with Gasteiger partial charge in [-0.15, -0.1) is 0 Å². The minimum atomic E-state index is -4.45. The highest BCUT2D eigenvalue weighted by Gasteiger charge is 2.43. The van der Waals surface area contributed by atoms with Crippen LogP contribution in [0, 0.1) is 13.8 Å². The summed E-state index contributed by atoms with van der Waals surface area (Å²) in [5, 5.41) is 15.8. The first kappa shape index (κ1) is 48.6. The lowest BCUT2D eigenvalue weighted by Crippen LogP contribution is -2.39. The third-order valence-corrected chi connectivity index (χ3v) is 8.31. The number of benzene rings is 2. The normalized spacial score (nSPS) is 15.7. The number of hydrogen-bond donors (Lipinski definition) is 3. The molecule has 0 bridgehead atoms. The number of halogens is 6. The summed E-state index contributed by atoms with van der Waals surface area (Å²) in [5.74, 6) is -2.22. The number of alkyl halides is 6. The van der Waals surface area contributed by atoms with Gasteiger partial charge < -0.3 is 34.7 Å². The zero-order valence-corrected chi connectivity index (χ0v) is 34.0. The van der Waals surface area contributed by atoms with Crippen LogP contribution in [0.15, 0.2) is 35.8 Å². The Kier molecular flexibility index (Phi) is 15.8. The van der Waals surface area contributed by atoms with E-state index < -0.39 is 66.4 Å². The molecule has 2 aromatic rings. The second-order valence-corrected chi connectivity index (χ2v) is 14.3. The Bertz CT molecular complexity index is 1980. The Morgan fingerprint density at radius 1 is 0.655 bits per heavy atom. The first-order valence-corrected chi connectivity index (χ1v) is 17.8. The van der Waals surface area contributed by atoms with E-state index in [0.717, 1.165) is 0 Å². The van der Waals surface area contributed by atoms with E-state index in [1.807, 2.05) is 13.8 Å². The first-order valence-electron chi connectivity index (χ1n) is 17.8. The van der Waals surface area contributed by atoms with Crippen molar-refractivity contribution in [2.75, 3.05) is 13.2 Å². The highest BCUT2D eigenvalue weighted by Crippen LogP contribution is 2.39. The Labute approximate surface area is 331 Å². The molecule has 0 atom stereocenters. The van der Waals surface area contributed by atoms with E-state index in [0.29, 0.717) is 46.2 Å². The monoisotopic (exact) mass is 830 g/mol. The van der Waals surface area contributed by atoms with Crippen molar-refractivity contribution in [2.45, 2.75) is 112 Å². The predicted molar refractivity (Wildman–Crippen MR) is 199 cm³/mol. The van der Waals surface area contributed by atoms with Crippen LogP contribution in [0.1, 0.15) is 95.7 Å². The molecule has 2 aromatic carbocycles. The van der Waals surface area contributed by atoms with Crippen molar-refractivity contribution in [3.05, 3.63) is 69.2 Å². The summed E-state index contributed by atoms with van der Waals surface area (Å²) in [6.07, 6.45) is -7.94. The van der Waals surface area contributed by atoms with Crippen molar-refractivity contribution in [3.63, 3.8) is 0 Å². The third-order valence-electron chi connectivity index (χ3n) is 8.31. The second-order valence-electron chi connectivity index (χ2n) is 14.3. The Morgan fingerprint density at radius 3 is 1.34 bits per heavy atom. The van der Waals surface area contributed by atoms with Gasteiger partial charge in [0, 0.05) is 20.8 Å². The quantitative estimate of drug-likeness (QED) is 0.131. The molecule has 320 valence electrons. The van der Waals surface area contributed by atoms with Crippen LogP contribution in [0.2, 0.25) is 0 Å². The zero-order chi connectivity index (χ0) is 44.7. The summed E-state index contributed by atoms with van der Waals surface area (Å²) in [5.41, 5.74) is 2.08. The van der Waals surface area contributed by atoms with E-state index in [9.17, 15) is 55.4 Å². The summed E-state index contributed by atoms with van der Waals surface area (Å²) >= 11 is 0. The number of aliphatic hydroxyl groups excluding tert-OH is 1. The molecule has 0 unspecified atom stereocenters. The lowest BCUT2D eigenvalue weighted by atomic mass is 9.91. The lowest BCUT2D eigenvalue weighted by molar-refractivity contribution is -0.157.